The second-order valence-electron chi connectivity index (χ2n) is 4.01. The largest absolute Gasteiger partial charge is 0.477 e. The number of carbonyl (C=O) groups excluding carboxylic acids is 1. The maximum atomic E-state index is 11.6. The number of esters is 1. The maximum Gasteiger partial charge on any atom is 0.347 e. The second kappa shape index (κ2) is 4.88. The Labute approximate surface area is 99.8 Å². The predicted molar refractivity (Wildman–Crippen MR) is 60.3 cm³/mol. The Morgan fingerprint density at radius 2 is 2.18 bits per heavy atom. The molecule has 0 bridgehead atoms. The van der Waals surface area contributed by atoms with E-state index in [9.17, 15) is 4.79 Å². The number of hydrogen-bond acceptors (Lipinski definition) is 4. The third-order valence-corrected chi connectivity index (χ3v) is 2.75. The van der Waals surface area contributed by atoms with E-state index in [0.717, 1.165) is 12.8 Å². The molecule has 1 atom stereocenters. The van der Waals surface area contributed by atoms with E-state index < -0.39 is 6.10 Å². The van der Waals surface area contributed by atoms with Gasteiger partial charge in [0.25, 0.3) is 0 Å². The van der Waals surface area contributed by atoms with E-state index in [1.165, 1.54) is 7.11 Å². The first kappa shape index (κ1) is 11.5. The normalized spacial score (nSPS) is 15.8. The van der Waals surface area contributed by atoms with Crippen LogP contribution >= 0.6 is 0 Å². The number of methoxy groups -OCH3 is 1. The van der Waals surface area contributed by atoms with E-state index in [4.69, 9.17) is 14.7 Å². The van der Waals surface area contributed by atoms with Crippen LogP contribution in [0, 0.1) is 17.2 Å². The standard InChI is InChI=1S/C13H13NO3/c1-16-13(15)12(9-6-7-9)17-11-5-3-2-4-10(11)8-14/h2-5,9,12H,6-7H2,1H3. The van der Waals surface area contributed by atoms with Crippen molar-refractivity contribution in [2.45, 2.75) is 18.9 Å². The van der Waals surface area contributed by atoms with Crippen molar-refractivity contribution >= 4 is 5.97 Å². The molecule has 0 spiro atoms. The third-order valence-electron chi connectivity index (χ3n) is 2.75. The Hall–Kier alpha value is -2.02. The van der Waals surface area contributed by atoms with Crippen molar-refractivity contribution in [3.8, 4) is 11.8 Å². The topological polar surface area (TPSA) is 59.3 Å². The van der Waals surface area contributed by atoms with Crippen molar-refractivity contribution in [3.05, 3.63) is 29.8 Å². The number of hydrogen-bond donors (Lipinski definition) is 0. The van der Waals surface area contributed by atoms with Gasteiger partial charge < -0.3 is 9.47 Å². The highest BCUT2D eigenvalue weighted by atomic mass is 16.6. The number of para-hydroxylation sites is 1. The van der Waals surface area contributed by atoms with E-state index >= 15 is 0 Å². The van der Waals surface area contributed by atoms with Crippen molar-refractivity contribution in [2.24, 2.45) is 5.92 Å². The lowest BCUT2D eigenvalue weighted by Gasteiger charge is -2.16. The first-order valence-corrected chi connectivity index (χ1v) is 5.50. The first-order valence-electron chi connectivity index (χ1n) is 5.50. The first-order chi connectivity index (χ1) is 8.26. The van der Waals surface area contributed by atoms with Crippen LogP contribution in [-0.4, -0.2) is 19.2 Å². The Bertz CT molecular complexity index is 460. The monoisotopic (exact) mass is 231 g/mol. The molecule has 0 aromatic heterocycles. The highest BCUT2D eigenvalue weighted by Crippen LogP contribution is 2.36. The molecule has 1 aromatic carbocycles. The molecule has 0 saturated heterocycles. The fraction of sp³-hybridized carbons (Fsp3) is 0.385. The van der Waals surface area contributed by atoms with Gasteiger partial charge in [-0.1, -0.05) is 12.1 Å². The number of nitriles is 1. The highest BCUT2D eigenvalue weighted by molar-refractivity contribution is 5.76. The lowest BCUT2D eigenvalue weighted by Crippen LogP contribution is -2.30. The summed E-state index contributed by atoms with van der Waals surface area (Å²) >= 11 is 0. The number of carbonyl (C=O) groups is 1. The van der Waals surface area contributed by atoms with Crippen molar-refractivity contribution in [3.63, 3.8) is 0 Å². The molecule has 0 radical (unpaired) electrons. The van der Waals surface area contributed by atoms with Crippen LogP contribution in [0.25, 0.3) is 0 Å². The number of rotatable bonds is 4. The third kappa shape index (κ3) is 2.56. The Balaban J connectivity index is 2.17. The SMILES string of the molecule is COC(=O)C(Oc1ccccc1C#N)C1CC1. The van der Waals surface area contributed by atoms with E-state index in [0.29, 0.717) is 11.3 Å². The smallest absolute Gasteiger partial charge is 0.347 e. The lowest BCUT2D eigenvalue weighted by molar-refractivity contribution is -0.149. The summed E-state index contributed by atoms with van der Waals surface area (Å²) < 4.78 is 10.3. The summed E-state index contributed by atoms with van der Waals surface area (Å²) in [7, 11) is 1.34. The zero-order valence-electron chi connectivity index (χ0n) is 9.55. The van der Waals surface area contributed by atoms with Crippen LogP contribution in [0.2, 0.25) is 0 Å². The molecule has 1 aliphatic rings. The van der Waals surface area contributed by atoms with Gasteiger partial charge in [0.2, 0.25) is 0 Å². The summed E-state index contributed by atoms with van der Waals surface area (Å²) in [6, 6.07) is 8.93. The Morgan fingerprint density at radius 3 is 2.76 bits per heavy atom. The summed E-state index contributed by atoms with van der Waals surface area (Å²) in [5.41, 5.74) is 0.432. The number of benzene rings is 1. The van der Waals surface area contributed by atoms with E-state index in [1.807, 2.05) is 6.07 Å². The summed E-state index contributed by atoms with van der Waals surface area (Å²) in [5.74, 6) is 0.284. The molecular weight excluding hydrogens is 218 g/mol. The molecule has 0 heterocycles. The van der Waals surface area contributed by atoms with Crippen LogP contribution in [0.15, 0.2) is 24.3 Å². The molecule has 1 aliphatic carbocycles. The lowest BCUT2D eigenvalue weighted by atomic mass is 10.2. The average Bonchev–Trinajstić information content (AvgIpc) is 3.19. The van der Waals surface area contributed by atoms with Gasteiger partial charge in [0.1, 0.15) is 11.8 Å². The minimum absolute atomic E-state index is 0.217. The van der Waals surface area contributed by atoms with E-state index in [2.05, 4.69) is 0 Å². The van der Waals surface area contributed by atoms with Gasteiger partial charge in [0.15, 0.2) is 6.10 Å². The fourth-order valence-electron chi connectivity index (χ4n) is 1.65. The van der Waals surface area contributed by atoms with Gasteiger partial charge in [0.05, 0.1) is 12.7 Å². The van der Waals surface area contributed by atoms with Crippen LogP contribution in [-0.2, 0) is 9.53 Å². The van der Waals surface area contributed by atoms with Gasteiger partial charge in [0, 0.05) is 5.92 Å². The van der Waals surface area contributed by atoms with Crippen molar-refractivity contribution in [2.75, 3.05) is 7.11 Å². The van der Waals surface area contributed by atoms with Crippen LogP contribution in [0.4, 0.5) is 0 Å². The summed E-state index contributed by atoms with van der Waals surface area (Å²) in [5, 5.41) is 8.94. The van der Waals surface area contributed by atoms with Crippen LogP contribution in [0.3, 0.4) is 0 Å². The Morgan fingerprint density at radius 1 is 1.47 bits per heavy atom. The molecule has 0 N–H and O–H groups in total. The van der Waals surface area contributed by atoms with Crippen molar-refractivity contribution in [1.82, 2.24) is 0 Å². The minimum atomic E-state index is -0.588. The summed E-state index contributed by atoms with van der Waals surface area (Å²) in [6.07, 6.45) is 1.35. The molecule has 1 saturated carbocycles. The van der Waals surface area contributed by atoms with Gasteiger partial charge in [-0.05, 0) is 25.0 Å². The molecule has 1 aromatic rings. The number of nitrogens with zero attached hydrogens (tertiary/aromatic N) is 1. The van der Waals surface area contributed by atoms with Gasteiger partial charge >= 0.3 is 5.97 Å². The van der Waals surface area contributed by atoms with Crippen molar-refractivity contribution < 1.29 is 14.3 Å². The maximum absolute atomic E-state index is 11.6. The fourth-order valence-corrected chi connectivity index (χ4v) is 1.65. The molecule has 17 heavy (non-hydrogen) atoms. The molecule has 1 unspecified atom stereocenters. The number of ether oxygens (including phenoxy) is 2. The quantitative estimate of drug-likeness (QED) is 0.742. The van der Waals surface area contributed by atoms with Gasteiger partial charge in [-0.3, -0.25) is 0 Å². The molecule has 0 aliphatic heterocycles. The predicted octanol–water partition coefficient (Wildman–Crippen LogP) is 1.89. The molecule has 88 valence electrons. The van der Waals surface area contributed by atoms with Gasteiger partial charge in [-0.25, -0.2) is 4.79 Å². The van der Waals surface area contributed by atoms with Crippen LogP contribution < -0.4 is 4.74 Å². The molecular formula is C13H13NO3. The molecule has 4 heteroatoms. The van der Waals surface area contributed by atoms with E-state index in [-0.39, 0.29) is 11.9 Å². The zero-order chi connectivity index (χ0) is 12.3. The van der Waals surface area contributed by atoms with Gasteiger partial charge in [-0.15, -0.1) is 0 Å². The molecule has 4 nitrogen and oxygen atoms in total. The Kier molecular flexibility index (Phi) is 3.29. The summed E-state index contributed by atoms with van der Waals surface area (Å²) in [6.45, 7) is 0. The second-order valence-corrected chi connectivity index (χ2v) is 4.01. The van der Waals surface area contributed by atoms with Crippen molar-refractivity contribution in [1.29, 1.82) is 5.26 Å². The van der Waals surface area contributed by atoms with Crippen LogP contribution in [0.1, 0.15) is 18.4 Å². The molecule has 2 rings (SSSR count). The average molecular weight is 231 g/mol. The minimum Gasteiger partial charge on any atom is -0.477 e. The summed E-state index contributed by atoms with van der Waals surface area (Å²) in [4.78, 5) is 11.6. The zero-order valence-corrected chi connectivity index (χ0v) is 9.55. The molecule has 0 amide bonds. The van der Waals surface area contributed by atoms with Gasteiger partial charge in [-0.2, -0.15) is 5.26 Å². The van der Waals surface area contributed by atoms with E-state index in [1.54, 1.807) is 24.3 Å². The molecule has 1 fully saturated rings. The highest BCUT2D eigenvalue weighted by Gasteiger charge is 2.39. The van der Waals surface area contributed by atoms with Crippen LogP contribution in [0.5, 0.6) is 5.75 Å².